The summed E-state index contributed by atoms with van der Waals surface area (Å²) in [5, 5.41) is 2.26. The van der Waals surface area contributed by atoms with Crippen molar-refractivity contribution in [3.05, 3.63) is 71.8 Å². The molecule has 1 atom stereocenters. The Morgan fingerprint density at radius 2 is 1.63 bits per heavy atom. The first-order chi connectivity index (χ1) is 16.9. The number of nitrogens with zero attached hydrogens (tertiary/aromatic N) is 4. The van der Waals surface area contributed by atoms with Crippen LogP contribution in [0.3, 0.4) is 0 Å². The molecule has 0 aliphatic carbocycles. The number of hydrogen-bond donors (Lipinski definition) is 1. The van der Waals surface area contributed by atoms with Gasteiger partial charge in [0.05, 0.1) is 31.0 Å². The van der Waals surface area contributed by atoms with Crippen LogP contribution >= 0.6 is 0 Å². The molecule has 2 aliphatic rings. The number of benzene rings is 3. The summed E-state index contributed by atoms with van der Waals surface area (Å²) in [6.45, 7) is 6.57. The number of nitrogens with two attached hydrogens (primary N) is 1. The molecule has 0 bridgehead atoms. The Morgan fingerprint density at radius 3 is 2.40 bits per heavy atom. The topological polar surface area (TPSA) is 73.1 Å². The fourth-order valence-corrected chi connectivity index (χ4v) is 5.11. The minimum Gasteiger partial charge on any atom is -0.318 e. The molecule has 2 aliphatic heterocycles. The number of carbonyl (C=O) groups is 2. The molecule has 5 rings (SSSR count). The van der Waals surface area contributed by atoms with E-state index in [0.29, 0.717) is 13.1 Å². The van der Waals surface area contributed by atoms with E-state index in [4.69, 9.17) is 5.73 Å². The van der Waals surface area contributed by atoms with Gasteiger partial charge < -0.3 is 20.4 Å². The van der Waals surface area contributed by atoms with Crippen molar-refractivity contribution in [1.29, 1.82) is 0 Å². The smallest absolute Gasteiger partial charge is 0.246 e. The first kappa shape index (κ1) is 23.5. The molecule has 1 unspecified atom stereocenters. The van der Waals surface area contributed by atoms with Gasteiger partial charge in [0, 0.05) is 26.2 Å². The van der Waals surface area contributed by atoms with Gasteiger partial charge in [0.2, 0.25) is 11.8 Å². The fourth-order valence-electron chi connectivity index (χ4n) is 5.11. The normalized spacial score (nSPS) is 19.6. The van der Waals surface area contributed by atoms with Crippen LogP contribution in [0.25, 0.3) is 10.8 Å². The molecule has 182 valence electrons. The van der Waals surface area contributed by atoms with Crippen LogP contribution in [0, 0.1) is 6.92 Å². The molecule has 2 N–H and O–H groups in total. The first-order valence-electron chi connectivity index (χ1n) is 12.3. The minimum absolute atomic E-state index is 0.0200. The minimum atomic E-state index is -0.797. The molecule has 3 aromatic rings. The molecule has 0 saturated carbocycles. The van der Waals surface area contributed by atoms with Gasteiger partial charge in [-0.05, 0) is 48.0 Å². The zero-order valence-electron chi connectivity index (χ0n) is 20.5. The standard InChI is InChI=1S/C28H33N5O2/c1-20-11-12-21-7-3-4-8-22(21)23(20)17-33-26-10-6-5-9-25(26)32(18-24(29)28(33)35)27(34)19-31-15-13-30(2)14-16-31/h3-12,24H,13-19,29H2,1-2H3. The summed E-state index contributed by atoms with van der Waals surface area (Å²) in [7, 11) is 2.10. The van der Waals surface area contributed by atoms with Crippen molar-refractivity contribution in [3.8, 4) is 0 Å². The van der Waals surface area contributed by atoms with E-state index < -0.39 is 6.04 Å². The summed E-state index contributed by atoms with van der Waals surface area (Å²) < 4.78 is 0. The lowest BCUT2D eigenvalue weighted by Gasteiger charge is -2.33. The van der Waals surface area contributed by atoms with E-state index >= 15 is 0 Å². The van der Waals surface area contributed by atoms with Gasteiger partial charge in [-0.25, -0.2) is 0 Å². The summed E-state index contributed by atoms with van der Waals surface area (Å²) in [5.74, 6) is -0.187. The molecule has 2 heterocycles. The van der Waals surface area contributed by atoms with E-state index in [1.54, 1.807) is 9.80 Å². The highest BCUT2D eigenvalue weighted by Gasteiger charge is 2.35. The van der Waals surface area contributed by atoms with Crippen molar-refractivity contribution in [2.24, 2.45) is 5.73 Å². The Hall–Kier alpha value is -3.26. The lowest BCUT2D eigenvalue weighted by Crippen LogP contribution is -2.52. The largest absolute Gasteiger partial charge is 0.318 e. The number of para-hydroxylation sites is 2. The van der Waals surface area contributed by atoms with Gasteiger partial charge >= 0.3 is 0 Å². The van der Waals surface area contributed by atoms with Gasteiger partial charge in [-0.2, -0.15) is 0 Å². The van der Waals surface area contributed by atoms with Crippen LogP contribution in [-0.4, -0.2) is 74.0 Å². The Labute approximate surface area is 206 Å². The molecular weight excluding hydrogens is 438 g/mol. The zero-order valence-corrected chi connectivity index (χ0v) is 20.5. The molecule has 0 spiro atoms. The van der Waals surface area contributed by atoms with Crippen LogP contribution in [0.2, 0.25) is 0 Å². The molecule has 1 fully saturated rings. The Kier molecular flexibility index (Phi) is 6.56. The third-order valence-electron chi connectivity index (χ3n) is 7.27. The van der Waals surface area contributed by atoms with Crippen molar-refractivity contribution in [2.45, 2.75) is 19.5 Å². The average Bonchev–Trinajstić information content (AvgIpc) is 2.97. The second-order valence-corrected chi connectivity index (χ2v) is 9.69. The predicted octanol–water partition coefficient (Wildman–Crippen LogP) is 2.60. The van der Waals surface area contributed by atoms with Crippen LogP contribution in [-0.2, 0) is 16.1 Å². The highest BCUT2D eigenvalue weighted by Crippen LogP contribution is 2.35. The molecule has 0 aromatic heterocycles. The van der Waals surface area contributed by atoms with Crippen molar-refractivity contribution in [1.82, 2.24) is 9.80 Å². The van der Waals surface area contributed by atoms with E-state index in [1.165, 1.54) is 0 Å². The quantitative estimate of drug-likeness (QED) is 0.633. The third kappa shape index (κ3) is 4.67. The van der Waals surface area contributed by atoms with E-state index in [0.717, 1.165) is 59.5 Å². The van der Waals surface area contributed by atoms with Crippen LogP contribution in [0.4, 0.5) is 11.4 Å². The summed E-state index contributed by atoms with van der Waals surface area (Å²) >= 11 is 0. The summed E-state index contributed by atoms with van der Waals surface area (Å²) in [6.07, 6.45) is 0. The summed E-state index contributed by atoms with van der Waals surface area (Å²) in [4.78, 5) is 35.0. The van der Waals surface area contributed by atoms with E-state index in [9.17, 15) is 9.59 Å². The van der Waals surface area contributed by atoms with E-state index in [-0.39, 0.29) is 18.4 Å². The maximum atomic E-state index is 13.6. The molecule has 1 saturated heterocycles. The van der Waals surface area contributed by atoms with Crippen LogP contribution in [0.5, 0.6) is 0 Å². The maximum absolute atomic E-state index is 13.6. The zero-order chi connectivity index (χ0) is 24.5. The molecule has 35 heavy (non-hydrogen) atoms. The highest BCUT2D eigenvalue weighted by molar-refractivity contribution is 6.07. The third-order valence-corrected chi connectivity index (χ3v) is 7.27. The fraction of sp³-hybridized carbons (Fsp3) is 0.357. The van der Waals surface area contributed by atoms with Crippen molar-refractivity contribution < 1.29 is 9.59 Å². The molecule has 7 heteroatoms. The molecule has 2 amide bonds. The second kappa shape index (κ2) is 9.77. The number of fused-ring (bicyclic) bond motifs is 2. The molecule has 0 radical (unpaired) electrons. The van der Waals surface area contributed by atoms with Gasteiger partial charge in [-0.15, -0.1) is 0 Å². The highest BCUT2D eigenvalue weighted by atomic mass is 16.2. The van der Waals surface area contributed by atoms with Crippen LogP contribution in [0.1, 0.15) is 11.1 Å². The molecular formula is C28H33N5O2. The van der Waals surface area contributed by atoms with Gasteiger partial charge in [-0.3, -0.25) is 14.5 Å². The Balaban J connectivity index is 1.49. The van der Waals surface area contributed by atoms with Crippen molar-refractivity contribution in [3.63, 3.8) is 0 Å². The number of amides is 2. The predicted molar refractivity (Wildman–Crippen MR) is 141 cm³/mol. The Morgan fingerprint density at radius 1 is 0.943 bits per heavy atom. The van der Waals surface area contributed by atoms with Gasteiger partial charge in [0.15, 0.2) is 0 Å². The van der Waals surface area contributed by atoms with Crippen molar-refractivity contribution in [2.75, 3.05) is 56.1 Å². The lowest BCUT2D eigenvalue weighted by atomic mass is 9.99. The van der Waals surface area contributed by atoms with E-state index in [2.05, 4.69) is 48.0 Å². The van der Waals surface area contributed by atoms with Crippen LogP contribution in [0.15, 0.2) is 60.7 Å². The van der Waals surface area contributed by atoms with Crippen LogP contribution < -0.4 is 15.5 Å². The average molecular weight is 472 g/mol. The van der Waals surface area contributed by atoms with Crippen molar-refractivity contribution >= 4 is 34.0 Å². The number of carbonyl (C=O) groups excluding carboxylic acids is 2. The maximum Gasteiger partial charge on any atom is 0.246 e. The van der Waals surface area contributed by atoms with Gasteiger partial charge in [0.25, 0.3) is 0 Å². The molecule has 7 nitrogen and oxygen atoms in total. The summed E-state index contributed by atoms with van der Waals surface area (Å²) in [5.41, 5.74) is 10.1. The number of piperazine rings is 1. The second-order valence-electron chi connectivity index (χ2n) is 9.69. The first-order valence-corrected chi connectivity index (χ1v) is 12.3. The summed E-state index contributed by atoms with van der Waals surface area (Å²) in [6, 6.07) is 19.3. The number of hydrogen-bond acceptors (Lipinski definition) is 5. The number of anilines is 2. The Bertz CT molecular complexity index is 1250. The number of rotatable bonds is 4. The number of likely N-dealkylation sites (N-methyl/N-ethyl adjacent to an activating group) is 1. The van der Waals surface area contributed by atoms with E-state index in [1.807, 2.05) is 36.4 Å². The van der Waals surface area contributed by atoms with Gasteiger partial charge in [-0.1, -0.05) is 48.5 Å². The monoisotopic (exact) mass is 471 g/mol. The SMILES string of the molecule is Cc1ccc2ccccc2c1CN1C(=O)C(N)CN(C(=O)CN2CCN(C)CC2)c2ccccc21. The lowest BCUT2D eigenvalue weighted by molar-refractivity contribution is -0.120. The molecule has 3 aromatic carbocycles. The van der Waals surface area contributed by atoms with Gasteiger partial charge in [0.1, 0.15) is 6.04 Å². The number of aryl methyl sites for hydroxylation is 1.